The van der Waals surface area contributed by atoms with E-state index in [2.05, 4.69) is 0 Å². The topological polar surface area (TPSA) is 83.6 Å². The zero-order valence-electron chi connectivity index (χ0n) is 15.6. The van der Waals surface area contributed by atoms with Gasteiger partial charge in [0.2, 0.25) is 5.91 Å². The Hall–Kier alpha value is -0.870. The van der Waals surface area contributed by atoms with Crippen LogP contribution >= 0.6 is 0 Å². The van der Waals surface area contributed by atoms with E-state index in [-0.39, 0.29) is 0 Å². The van der Waals surface area contributed by atoms with Gasteiger partial charge < -0.3 is 15.9 Å². The number of carbonyl (C=O) groups is 1. The maximum Gasteiger partial charge on any atom is 0.246 e. The van der Waals surface area contributed by atoms with Gasteiger partial charge in [-0.3, -0.25) is 4.79 Å². The molecule has 0 spiro atoms. The molecule has 0 bridgehead atoms. The lowest BCUT2D eigenvalue weighted by molar-refractivity contribution is -0.115. The van der Waals surface area contributed by atoms with Gasteiger partial charge in [-0.15, -0.1) is 0 Å². The third-order valence-corrected chi connectivity index (χ3v) is 4.59. The van der Waals surface area contributed by atoms with Gasteiger partial charge in [-0.05, 0) is 19.8 Å². The normalized spacial score (nSPS) is 13.2. The minimum absolute atomic E-state index is 0.334. The molecule has 142 valence electrons. The van der Waals surface area contributed by atoms with Gasteiger partial charge in [-0.1, -0.05) is 83.1 Å². The van der Waals surface area contributed by atoms with Crippen molar-refractivity contribution in [3.05, 3.63) is 11.6 Å². The molecule has 0 saturated carbocycles. The molecule has 0 rings (SSSR count). The van der Waals surface area contributed by atoms with E-state index in [1.54, 1.807) is 13.0 Å². The molecule has 1 atom stereocenters. The van der Waals surface area contributed by atoms with Crippen LogP contribution < -0.4 is 5.73 Å². The van der Waals surface area contributed by atoms with Crippen molar-refractivity contribution in [3.63, 3.8) is 0 Å². The highest BCUT2D eigenvalue weighted by Crippen LogP contribution is 2.15. The second-order valence-corrected chi connectivity index (χ2v) is 6.73. The molecule has 4 nitrogen and oxygen atoms in total. The van der Waals surface area contributed by atoms with Gasteiger partial charge in [-0.25, -0.2) is 0 Å². The van der Waals surface area contributed by atoms with Gasteiger partial charge in [0.15, 0.2) is 0 Å². The molecule has 0 aliphatic rings. The zero-order valence-corrected chi connectivity index (χ0v) is 15.6. The molecule has 0 aromatic rings. The van der Waals surface area contributed by atoms with Crippen LogP contribution in [0.15, 0.2) is 11.6 Å². The summed E-state index contributed by atoms with van der Waals surface area (Å²) in [7, 11) is 0. The SMILES string of the molecule is CC=C(C(N)=O)C(O)CCCCCCCCCCCCCCCO. The Bertz CT molecular complexity index is 329. The highest BCUT2D eigenvalue weighted by molar-refractivity contribution is 5.92. The fraction of sp³-hybridized carbons (Fsp3) is 0.850. The van der Waals surface area contributed by atoms with E-state index in [1.165, 1.54) is 64.2 Å². The monoisotopic (exact) mass is 341 g/mol. The fourth-order valence-corrected chi connectivity index (χ4v) is 3.05. The molecule has 0 aromatic carbocycles. The standard InChI is InChI=1S/C20H39NO3/c1-2-18(20(21)24)19(23)16-14-12-10-8-6-4-3-5-7-9-11-13-15-17-22/h2,19,22-23H,3-17H2,1H3,(H2,21,24). The maximum atomic E-state index is 11.1. The van der Waals surface area contributed by atoms with E-state index in [9.17, 15) is 9.90 Å². The van der Waals surface area contributed by atoms with Gasteiger partial charge in [0.25, 0.3) is 0 Å². The van der Waals surface area contributed by atoms with Crippen LogP contribution in [-0.2, 0) is 4.79 Å². The Morgan fingerprint density at radius 3 is 1.54 bits per heavy atom. The van der Waals surface area contributed by atoms with Gasteiger partial charge in [0.05, 0.1) is 6.10 Å². The quantitative estimate of drug-likeness (QED) is 0.273. The molecule has 4 N–H and O–H groups in total. The minimum atomic E-state index is -0.704. The number of hydrogen-bond donors (Lipinski definition) is 3. The van der Waals surface area contributed by atoms with Crippen molar-refractivity contribution in [2.75, 3.05) is 6.61 Å². The summed E-state index contributed by atoms with van der Waals surface area (Å²) >= 11 is 0. The molecule has 0 saturated heterocycles. The van der Waals surface area contributed by atoms with E-state index >= 15 is 0 Å². The number of allylic oxidation sites excluding steroid dienone is 1. The number of nitrogens with two attached hydrogens (primary N) is 1. The lowest BCUT2D eigenvalue weighted by Crippen LogP contribution is -2.24. The maximum absolute atomic E-state index is 11.1. The number of carbonyl (C=O) groups excluding carboxylic acids is 1. The Balaban J connectivity index is 3.30. The largest absolute Gasteiger partial charge is 0.396 e. The number of aliphatic hydroxyl groups is 2. The number of amides is 1. The number of unbranched alkanes of at least 4 members (excludes halogenated alkanes) is 12. The first-order valence-electron chi connectivity index (χ1n) is 9.88. The highest BCUT2D eigenvalue weighted by Gasteiger charge is 2.14. The van der Waals surface area contributed by atoms with E-state index in [4.69, 9.17) is 10.8 Å². The summed E-state index contributed by atoms with van der Waals surface area (Å²) in [5.41, 5.74) is 5.56. The van der Waals surface area contributed by atoms with E-state index in [1.807, 2.05) is 0 Å². The lowest BCUT2D eigenvalue weighted by atomic mass is 10.0. The van der Waals surface area contributed by atoms with E-state index in [0.717, 1.165) is 19.3 Å². The molecule has 0 aromatic heterocycles. The summed E-state index contributed by atoms with van der Waals surface area (Å²) in [5, 5.41) is 18.6. The van der Waals surface area contributed by atoms with Crippen molar-refractivity contribution in [2.45, 2.75) is 103 Å². The predicted molar refractivity (Wildman–Crippen MR) is 101 cm³/mol. The van der Waals surface area contributed by atoms with Gasteiger partial charge in [0, 0.05) is 12.2 Å². The van der Waals surface area contributed by atoms with Crippen LogP contribution in [0.5, 0.6) is 0 Å². The Morgan fingerprint density at radius 1 is 0.833 bits per heavy atom. The summed E-state index contributed by atoms with van der Waals surface area (Å²) in [5.74, 6) is -0.515. The van der Waals surface area contributed by atoms with Crippen molar-refractivity contribution in [2.24, 2.45) is 5.73 Å². The average Bonchev–Trinajstić information content (AvgIpc) is 2.55. The van der Waals surface area contributed by atoms with Crippen molar-refractivity contribution >= 4 is 5.91 Å². The highest BCUT2D eigenvalue weighted by atomic mass is 16.3. The molecule has 24 heavy (non-hydrogen) atoms. The van der Waals surface area contributed by atoms with Crippen LogP contribution in [0.2, 0.25) is 0 Å². The Labute approximate surface area is 148 Å². The second-order valence-electron chi connectivity index (χ2n) is 6.73. The molecule has 0 heterocycles. The summed E-state index contributed by atoms with van der Waals surface area (Å²) in [6, 6.07) is 0. The molecule has 0 aliphatic carbocycles. The van der Waals surface area contributed by atoms with E-state index < -0.39 is 12.0 Å². The Morgan fingerprint density at radius 2 is 1.21 bits per heavy atom. The molecular weight excluding hydrogens is 302 g/mol. The number of aliphatic hydroxyl groups excluding tert-OH is 2. The first kappa shape index (κ1) is 23.1. The average molecular weight is 342 g/mol. The van der Waals surface area contributed by atoms with Crippen LogP contribution in [0.3, 0.4) is 0 Å². The third kappa shape index (κ3) is 13.6. The molecule has 0 fully saturated rings. The fourth-order valence-electron chi connectivity index (χ4n) is 3.05. The van der Waals surface area contributed by atoms with Crippen molar-refractivity contribution < 1.29 is 15.0 Å². The zero-order chi connectivity index (χ0) is 18.0. The summed E-state index contributed by atoms with van der Waals surface area (Å²) in [6.45, 7) is 2.07. The summed E-state index contributed by atoms with van der Waals surface area (Å²) < 4.78 is 0. The third-order valence-electron chi connectivity index (χ3n) is 4.59. The summed E-state index contributed by atoms with van der Waals surface area (Å²) in [4.78, 5) is 11.1. The molecule has 4 heteroatoms. The van der Waals surface area contributed by atoms with Crippen LogP contribution in [0, 0.1) is 0 Å². The number of primary amides is 1. The molecular formula is C20H39NO3. The lowest BCUT2D eigenvalue weighted by Gasteiger charge is -2.11. The molecule has 1 unspecified atom stereocenters. The Kier molecular flexibility index (Phi) is 16.4. The minimum Gasteiger partial charge on any atom is -0.396 e. The van der Waals surface area contributed by atoms with Crippen LogP contribution in [-0.4, -0.2) is 28.8 Å². The smallest absolute Gasteiger partial charge is 0.246 e. The van der Waals surface area contributed by atoms with Crippen LogP contribution in [0.4, 0.5) is 0 Å². The second kappa shape index (κ2) is 17.0. The van der Waals surface area contributed by atoms with Crippen LogP contribution in [0.1, 0.15) is 96.8 Å². The number of hydrogen-bond acceptors (Lipinski definition) is 3. The molecule has 0 radical (unpaired) electrons. The molecule has 1 amide bonds. The van der Waals surface area contributed by atoms with Gasteiger partial charge in [0.1, 0.15) is 0 Å². The van der Waals surface area contributed by atoms with Gasteiger partial charge >= 0.3 is 0 Å². The van der Waals surface area contributed by atoms with Gasteiger partial charge in [-0.2, -0.15) is 0 Å². The van der Waals surface area contributed by atoms with Crippen LogP contribution in [0.25, 0.3) is 0 Å². The van der Waals surface area contributed by atoms with E-state index in [0.29, 0.717) is 18.6 Å². The predicted octanol–water partition coefficient (Wildman–Crippen LogP) is 4.23. The van der Waals surface area contributed by atoms with Crippen molar-refractivity contribution in [3.8, 4) is 0 Å². The molecule has 0 aliphatic heterocycles. The van der Waals surface area contributed by atoms with Crippen molar-refractivity contribution in [1.29, 1.82) is 0 Å². The van der Waals surface area contributed by atoms with Crippen molar-refractivity contribution in [1.82, 2.24) is 0 Å². The first-order chi connectivity index (χ1) is 11.6. The number of rotatable bonds is 17. The first-order valence-corrected chi connectivity index (χ1v) is 9.88. The summed E-state index contributed by atoms with van der Waals surface area (Å²) in [6.07, 6.45) is 17.4.